The van der Waals surface area contributed by atoms with E-state index in [0.717, 1.165) is 16.1 Å². The van der Waals surface area contributed by atoms with E-state index in [1.807, 2.05) is 24.3 Å². The van der Waals surface area contributed by atoms with Crippen LogP contribution in [0.5, 0.6) is 0 Å². The van der Waals surface area contributed by atoms with Gasteiger partial charge in [0.05, 0.1) is 11.6 Å². The highest BCUT2D eigenvalue weighted by Gasteiger charge is 2.11. The van der Waals surface area contributed by atoms with Crippen molar-refractivity contribution in [2.24, 2.45) is 5.73 Å². The molecule has 0 aliphatic rings. The predicted molar refractivity (Wildman–Crippen MR) is 83.2 cm³/mol. The first kappa shape index (κ1) is 15.6. The quantitative estimate of drug-likeness (QED) is 0.816. The second-order valence-electron chi connectivity index (χ2n) is 4.55. The van der Waals surface area contributed by atoms with E-state index < -0.39 is 0 Å². The summed E-state index contributed by atoms with van der Waals surface area (Å²) in [6, 6.07) is 7.88. The first-order chi connectivity index (χ1) is 10.2. The minimum atomic E-state index is -0.165. The lowest BCUT2D eigenvalue weighted by Crippen LogP contribution is -2.23. The van der Waals surface area contributed by atoms with Crippen molar-refractivity contribution in [3.05, 3.63) is 51.5 Å². The van der Waals surface area contributed by atoms with Crippen LogP contribution in [0.25, 0.3) is 0 Å². The van der Waals surface area contributed by atoms with Crippen molar-refractivity contribution in [1.82, 2.24) is 10.3 Å². The molecule has 1 aromatic carbocycles. The third-order valence-electron chi connectivity index (χ3n) is 3.00. The van der Waals surface area contributed by atoms with Gasteiger partial charge in [-0.15, -0.1) is 11.3 Å². The maximum Gasteiger partial charge on any atom is 0.271 e. The van der Waals surface area contributed by atoms with Crippen LogP contribution in [0.4, 0.5) is 0 Å². The average Bonchev–Trinajstić information content (AvgIpc) is 2.95. The first-order valence-corrected chi connectivity index (χ1v) is 7.61. The van der Waals surface area contributed by atoms with Gasteiger partial charge in [-0.05, 0) is 17.7 Å². The van der Waals surface area contributed by atoms with Crippen LogP contribution in [0.3, 0.4) is 0 Å². The van der Waals surface area contributed by atoms with Crippen LogP contribution in [0.1, 0.15) is 26.6 Å². The summed E-state index contributed by atoms with van der Waals surface area (Å²) in [6.07, 6.45) is 0.703. The van der Waals surface area contributed by atoms with E-state index in [-0.39, 0.29) is 5.91 Å². The van der Waals surface area contributed by atoms with E-state index in [9.17, 15) is 4.79 Å². The number of hydrogen-bond acceptors (Lipinski definition) is 5. The Kier molecular flexibility index (Phi) is 5.86. The van der Waals surface area contributed by atoms with Crippen molar-refractivity contribution in [2.45, 2.75) is 19.6 Å². The molecular weight excluding hydrogens is 286 g/mol. The van der Waals surface area contributed by atoms with Gasteiger partial charge in [0, 0.05) is 25.5 Å². The first-order valence-electron chi connectivity index (χ1n) is 6.73. The number of amides is 1. The minimum absolute atomic E-state index is 0.165. The Morgan fingerprint density at radius 2 is 2.14 bits per heavy atom. The summed E-state index contributed by atoms with van der Waals surface area (Å²) in [5.41, 5.74) is 8.05. The number of nitrogens with two attached hydrogens (primary N) is 1. The largest absolute Gasteiger partial charge is 0.380 e. The van der Waals surface area contributed by atoms with Crippen LogP contribution in [0.15, 0.2) is 29.6 Å². The molecule has 5 nitrogen and oxygen atoms in total. The highest BCUT2D eigenvalue weighted by molar-refractivity contribution is 7.09. The van der Waals surface area contributed by atoms with Crippen LogP contribution < -0.4 is 11.1 Å². The van der Waals surface area contributed by atoms with Gasteiger partial charge in [-0.25, -0.2) is 4.98 Å². The zero-order valence-electron chi connectivity index (χ0n) is 12.0. The summed E-state index contributed by atoms with van der Waals surface area (Å²) in [6.45, 7) is 1.53. The molecule has 2 aromatic rings. The molecule has 1 amide bonds. The van der Waals surface area contributed by atoms with Crippen LogP contribution in [0, 0.1) is 0 Å². The monoisotopic (exact) mass is 305 g/mol. The van der Waals surface area contributed by atoms with Crippen molar-refractivity contribution in [3.63, 3.8) is 0 Å². The molecule has 0 saturated heterocycles. The summed E-state index contributed by atoms with van der Waals surface area (Å²) in [5, 5.41) is 5.54. The summed E-state index contributed by atoms with van der Waals surface area (Å²) in [5.74, 6) is -0.165. The number of thiazole rings is 1. The molecule has 0 unspecified atom stereocenters. The fraction of sp³-hybridized carbons (Fsp3) is 0.333. The molecule has 0 bridgehead atoms. The Balaban J connectivity index is 1.97. The number of rotatable bonds is 7. The number of hydrogen-bond donors (Lipinski definition) is 2. The lowest BCUT2D eigenvalue weighted by Gasteiger charge is -2.09. The lowest BCUT2D eigenvalue weighted by atomic mass is 10.1. The maximum atomic E-state index is 12.1. The third-order valence-corrected chi connectivity index (χ3v) is 3.91. The fourth-order valence-corrected chi connectivity index (χ4v) is 2.74. The Morgan fingerprint density at radius 1 is 1.38 bits per heavy atom. The average molecular weight is 305 g/mol. The van der Waals surface area contributed by atoms with Crippen molar-refractivity contribution < 1.29 is 9.53 Å². The van der Waals surface area contributed by atoms with Crippen molar-refractivity contribution in [3.8, 4) is 0 Å². The topological polar surface area (TPSA) is 77.2 Å². The number of ether oxygens (including phenoxy) is 1. The number of nitrogens with one attached hydrogen (secondary N) is 1. The number of carbonyl (C=O) groups is 1. The molecular formula is C15H19N3O2S. The van der Waals surface area contributed by atoms with Gasteiger partial charge in [-0.1, -0.05) is 24.3 Å². The smallest absolute Gasteiger partial charge is 0.271 e. The van der Waals surface area contributed by atoms with Crippen LogP contribution >= 0.6 is 11.3 Å². The van der Waals surface area contributed by atoms with Crippen LogP contribution in [-0.2, 0) is 24.3 Å². The fourth-order valence-electron chi connectivity index (χ4n) is 1.95. The van der Waals surface area contributed by atoms with Crippen molar-refractivity contribution in [1.29, 1.82) is 0 Å². The molecule has 0 spiro atoms. The summed E-state index contributed by atoms with van der Waals surface area (Å²) in [4.78, 5) is 16.3. The molecule has 6 heteroatoms. The molecule has 1 heterocycles. The third kappa shape index (κ3) is 4.35. The second kappa shape index (κ2) is 7.87. The molecule has 0 atom stereocenters. The number of benzene rings is 1. The molecule has 0 saturated carbocycles. The Hall–Kier alpha value is -1.76. The highest BCUT2D eigenvalue weighted by atomic mass is 32.1. The minimum Gasteiger partial charge on any atom is -0.380 e. The van der Waals surface area contributed by atoms with E-state index >= 15 is 0 Å². The standard InChI is InChI=1S/C15H19N3O2S/c1-20-9-12-5-3-2-4-11(12)8-17-15(19)13-10-21-14(18-13)6-7-16/h2-5,10H,6-9,16H2,1H3,(H,17,19). The normalized spacial score (nSPS) is 10.6. The summed E-state index contributed by atoms with van der Waals surface area (Å²) in [7, 11) is 1.66. The van der Waals surface area contributed by atoms with Gasteiger partial charge in [-0.3, -0.25) is 4.79 Å². The van der Waals surface area contributed by atoms with E-state index in [4.69, 9.17) is 10.5 Å². The molecule has 0 radical (unpaired) electrons. The molecule has 21 heavy (non-hydrogen) atoms. The zero-order valence-corrected chi connectivity index (χ0v) is 12.8. The zero-order chi connectivity index (χ0) is 15.1. The molecule has 0 fully saturated rings. The number of aromatic nitrogens is 1. The molecule has 3 N–H and O–H groups in total. The second-order valence-corrected chi connectivity index (χ2v) is 5.49. The van der Waals surface area contributed by atoms with E-state index in [0.29, 0.717) is 31.8 Å². The number of nitrogens with zero attached hydrogens (tertiary/aromatic N) is 1. The predicted octanol–water partition coefficient (Wildman–Crippen LogP) is 1.72. The van der Waals surface area contributed by atoms with Gasteiger partial charge in [-0.2, -0.15) is 0 Å². The molecule has 2 rings (SSSR count). The van der Waals surface area contributed by atoms with Gasteiger partial charge >= 0.3 is 0 Å². The maximum absolute atomic E-state index is 12.1. The lowest BCUT2D eigenvalue weighted by molar-refractivity contribution is 0.0946. The Morgan fingerprint density at radius 3 is 2.86 bits per heavy atom. The Labute approximate surface area is 128 Å². The van der Waals surface area contributed by atoms with Crippen molar-refractivity contribution >= 4 is 17.2 Å². The van der Waals surface area contributed by atoms with Gasteiger partial charge < -0.3 is 15.8 Å². The van der Waals surface area contributed by atoms with Crippen molar-refractivity contribution in [2.75, 3.05) is 13.7 Å². The summed E-state index contributed by atoms with van der Waals surface area (Å²) >= 11 is 1.46. The van der Waals surface area contributed by atoms with Crippen LogP contribution in [-0.4, -0.2) is 24.5 Å². The molecule has 112 valence electrons. The summed E-state index contributed by atoms with van der Waals surface area (Å²) < 4.78 is 5.16. The SMILES string of the molecule is COCc1ccccc1CNC(=O)c1csc(CCN)n1. The van der Waals surface area contributed by atoms with E-state index in [1.165, 1.54) is 11.3 Å². The molecule has 1 aromatic heterocycles. The van der Waals surface area contributed by atoms with Gasteiger partial charge in [0.25, 0.3) is 5.91 Å². The number of carbonyl (C=O) groups excluding carboxylic acids is 1. The Bertz CT molecular complexity index is 598. The van der Waals surface area contributed by atoms with Gasteiger partial charge in [0.2, 0.25) is 0 Å². The van der Waals surface area contributed by atoms with E-state index in [2.05, 4.69) is 10.3 Å². The van der Waals surface area contributed by atoms with E-state index in [1.54, 1.807) is 12.5 Å². The molecule has 0 aliphatic heterocycles. The van der Waals surface area contributed by atoms with Gasteiger partial charge in [0.1, 0.15) is 5.69 Å². The van der Waals surface area contributed by atoms with Gasteiger partial charge in [0.15, 0.2) is 0 Å². The number of methoxy groups -OCH3 is 1. The molecule has 0 aliphatic carbocycles. The highest BCUT2D eigenvalue weighted by Crippen LogP contribution is 2.12. The van der Waals surface area contributed by atoms with Crippen LogP contribution in [0.2, 0.25) is 0 Å².